The van der Waals surface area contributed by atoms with Gasteiger partial charge in [0.05, 0.1) is 20.6 Å². The number of methoxy groups -OCH3 is 2. The zero-order valence-corrected chi connectivity index (χ0v) is 17.4. The van der Waals surface area contributed by atoms with Crippen molar-refractivity contribution < 1.29 is 24.1 Å². The van der Waals surface area contributed by atoms with E-state index in [-0.39, 0.29) is 6.42 Å². The Morgan fingerprint density at radius 1 is 0.903 bits per heavy atom. The number of fused-ring (bicyclic) bond motifs is 1. The monoisotopic (exact) mass is 417 g/mol. The summed E-state index contributed by atoms with van der Waals surface area (Å²) in [7, 11) is 3.18. The van der Waals surface area contributed by atoms with Gasteiger partial charge in [0.25, 0.3) is 0 Å². The molecule has 0 aliphatic carbocycles. The number of carbonyl (C=O) groups is 1. The van der Waals surface area contributed by atoms with Crippen molar-refractivity contribution in [3.8, 4) is 23.0 Å². The number of nitrogens with zero attached hydrogens (tertiary/aromatic N) is 1. The highest BCUT2D eigenvalue weighted by atomic mass is 16.5. The van der Waals surface area contributed by atoms with Crippen molar-refractivity contribution in [2.45, 2.75) is 13.0 Å². The second-order valence-electron chi connectivity index (χ2n) is 7.13. The van der Waals surface area contributed by atoms with Crippen LogP contribution >= 0.6 is 0 Å². The number of rotatable bonds is 8. The van der Waals surface area contributed by atoms with Crippen LogP contribution in [0.4, 0.5) is 0 Å². The number of hydrogen-bond acceptors (Lipinski definition) is 4. The van der Waals surface area contributed by atoms with Gasteiger partial charge >= 0.3 is 5.97 Å². The summed E-state index contributed by atoms with van der Waals surface area (Å²) in [6, 6.07) is 21.1. The average molecular weight is 417 g/mol. The maximum absolute atomic E-state index is 11.2. The summed E-state index contributed by atoms with van der Waals surface area (Å²) < 4.78 is 18.6. The maximum Gasteiger partial charge on any atom is 0.307 e. The lowest BCUT2D eigenvalue weighted by Gasteiger charge is -2.11. The quantitative estimate of drug-likeness (QED) is 0.431. The first kappa shape index (κ1) is 20.3. The molecule has 1 heterocycles. The highest BCUT2D eigenvalue weighted by Crippen LogP contribution is 2.33. The largest absolute Gasteiger partial charge is 0.493 e. The third-order valence-corrected chi connectivity index (χ3v) is 5.08. The molecule has 0 aliphatic heterocycles. The van der Waals surface area contributed by atoms with Gasteiger partial charge in [-0.25, -0.2) is 0 Å². The van der Waals surface area contributed by atoms with E-state index in [0.717, 1.165) is 22.0 Å². The third-order valence-electron chi connectivity index (χ3n) is 5.08. The standard InChI is InChI=1S/C25H23NO5/c1-29-23-12-11-20(14-24(23)30-2)31-19-9-7-17(8-10-19)15-26-16-18(13-25(27)28)21-5-3-4-6-22(21)26/h3-12,14,16H,13,15H2,1-2H3,(H,27,28). The normalized spacial score (nSPS) is 10.8. The summed E-state index contributed by atoms with van der Waals surface area (Å²) in [5, 5.41) is 10.2. The van der Waals surface area contributed by atoms with E-state index in [1.165, 1.54) is 0 Å². The summed E-state index contributed by atoms with van der Waals surface area (Å²) in [5.74, 6) is 1.78. The van der Waals surface area contributed by atoms with E-state index in [0.29, 0.717) is 29.5 Å². The summed E-state index contributed by atoms with van der Waals surface area (Å²) in [6.45, 7) is 0.636. The number of benzene rings is 3. The fourth-order valence-electron chi connectivity index (χ4n) is 3.63. The number of aliphatic carboxylic acids is 1. The molecule has 4 rings (SSSR count). The molecule has 0 saturated carbocycles. The molecule has 0 fully saturated rings. The molecule has 1 aromatic heterocycles. The van der Waals surface area contributed by atoms with Crippen LogP contribution in [0.15, 0.2) is 72.9 Å². The van der Waals surface area contributed by atoms with Gasteiger partial charge in [0, 0.05) is 29.7 Å². The van der Waals surface area contributed by atoms with Crippen molar-refractivity contribution in [1.82, 2.24) is 4.57 Å². The number of ether oxygens (including phenoxy) is 3. The Bertz CT molecular complexity index is 1210. The second-order valence-corrected chi connectivity index (χ2v) is 7.13. The minimum absolute atomic E-state index is 0.00557. The molecule has 0 aliphatic rings. The van der Waals surface area contributed by atoms with E-state index in [2.05, 4.69) is 4.57 Å². The van der Waals surface area contributed by atoms with Gasteiger partial charge in [-0.2, -0.15) is 0 Å². The molecule has 0 amide bonds. The maximum atomic E-state index is 11.2. The lowest BCUT2D eigenvalue weighted by atomic mass is 10.1. The minimum Gasteiger partial charge on any atom is -0.493 e. The van der Waals surface area contributed by atoms with E-state index in [4.69, 9.17) is 14.2 Å². The van der Waals surface area contributed by atoms with Gasteiger partial charge in [-0.15, -0.1) is 0 Å². The fourth-order valence-corrected chi connectivity index (χ4v) is 3.63. The van der Waals surface area contributed by atoms with Crippen molar-refractivity contribution in [1.29, 1.82) is 0 Å². The molecule has 1 N–H and O–H groups in total. The van der Waals surface area contributed by atoms with Crippen LogP contribution in [0.2, 0.25) is 0 Å². The highest BCUT2D eigenvalue weighted by molar-refractivity contribution is 5.87. The van der Waals surface area contributed by atoms with Crippen LogP contribution in [0.5, 0.6) is 23.0 Å². The minimum atomic E-state index is -0.834. The number of carboxylic acids is 1. The highest BCUT2D eigenvalue weighted by Gasteiger charge is 2.11. The first-order valence-electron chi connectivity index (χ1n) is 9.84. The van der Waals surface area contributed by atoms with E-state index in [1.807, 2.05) is 60.8 Å². The van der Waals surface area contributed by atoms with Gasteiger partial charge in [-0.1, -0.05) is 30.3 Å². The van der Waals surface area contributed by atoms with Crippen molar-refractivity contribution in [2.24, 2.45) is 0 Å². The molecule has 0 atom stereocenters. The Labute approximate surface area is 180 Å². The molecule has 0 spiro atoms. The summed E-state index contributed by atoms with van der Waals surface area (Å²) in [5.41, 5.74) is 2.92. The van der Waals surface area contributed by atoms with Crippen LogP contribution in [0, 0.1) is 0 Å². The second kappa shape index (κ2) is 8.83. The molecule has 4 aromatic rings. The lowest BCUT2D eigenvalue weighted by molar-refractivity contribution is -0.136. The SMILES string of the molecule is COc1ccc(Oc2ccc(Cn3cc(CC(=O)O)c4ccccc43)cc2)cc1OC. The van der Waals surface area contributed by atoms with Crippen LogP contribution in [0.3, 0.4) is 0 Å². The van der Waals surface area contributed by atoms with E-state index < -0.39 is 5.97 Å². The summed E-state index contributed by atoms with van der Waals surface area (Å²) in [6.07, 6.45) is 1.93. The average Bonchev–Trinajstić information content (AvgIpc) is 3.11. The van der Waals surface area contributed by atoms with Crippen molar-refractivity contribution >= 4 is 16.9 Å². The topological polar surface area (TPSA) is 69.9 Å². The molecule has 0 bridgehead atoms. The van der Waals surface area contributed by atoms with Gasteiger partial charge < -0.3 is 23.9 Å². The number of aromatic nitrogens is 1. The van der Waals surface area contributed by atoms with Gasteiger partial charge in [0.1, 0.15) is 11.5 Å². The molecule has 31 heavy (non-hydrogen) atoms. The predicted octanol–water partition coefficient (Wildman–Crippen LogP) is 5.13. The molecule has 3 aromatic carbocycles. The zero-order valence-electron chi connectivity index (χ0n) is 17.4. The number of para-hydroxylation sites is 1. The third kappa shape index (κ3) is 4.48. The number of carboxylic acid groups (broad SMARTS) is 1. The molecule has 0 radical (unpaired) electrons. The summed E-state index contributed by atoms with van der Waals surface area (Å²) >= 11 is 0. The van der Waals surface area contributed by atoms with Gasteiger partial charge in [-0.05, 0) is 41.5 Å². The molecular formula is C25H23NO5. The van der Waals surface area contributed by atoms with Gasteiger partial charge in [0.15, 0.2) is 11.5 Å². The molecule has 158 valence electrons. The van der Waals surface area contributed by atoms with E-state index in [9.17, 15) is 9.90 Å². The predicted molar refractivity (Wildman–Crippen MR) is 118 cm³/mol. The Morgan fingerprint density at radius 3 is 2.32 bits per heavy atom. The molecule has 6 nitrogen and oxygen atoms in total. The van der Waals surface area contributed by atoms with Crippen LogP contribution in [0.1, 0.15) is 11.1 Å². The summed E-state index contributed by atoms with van der Waals surface area (Å²) in [4.78, 5) is 11.2. The Balaban J connectivity index is 1.52. The molecule has 0 unspecified atom stereocenters. The van der Waals surface area contributed by atoms with Crippen LogP contribution < -0.4 is 14.2 Å². The first-order valence-corrected chi connectivity index (χ1v) is 9.84. The Morgan fingerprint density at radius 2 is 1.61 bits per heavy atom. The molecule has 6 heteroatoms. The fraction of sp³-hybridized carbons (Fsp3) is 0.160. The first-order chi connectivity index (χ1) is 15.1. The zero-order chi connectivity index (χ0) is 21.8. The van der Waals surface area contributed by atoms with Gasteiger partial charge in [0.2, 0.25) is 0 Å². The van der Waals surface area contributed by atoms with Crippen molar-refractivity contribution in [2.75, 3.05) is 14.2 Å². The van der Waals surface area contributed by atoms with Crippen molar-refractivity contribution in [3.63, 3.8) is 0 Å². The van der Waals surface area contributed by atoms with Crippen LogP contribution in [0.25, 0.3) is 10.9 Å². The molecular weight excluding hydrogens is 394 g/mol. The van der Waals surface area contributed by atoms with Gasteiger partial charge in [-0.3, -0.25) is 4.79 Å². The van der Waals surface area contributed by atoms with E-state index in [1.54, 1.807) is 26.4 Å². The van der Waals surface area contributed by atoms with Crippen molar-refractivity contribution in [3.05, 3.63) is 84.1 Å². The Hall–Kier alpha value is -3.93. The van der Waals surface area contributed by atoms with Crippen LogP contribution in [-0.4, -0.2) is 29.9 Å². The Kier molecular flexibility index (Phi) is 5.80. The van der Waals surface area contributed by atoms with E-state index >= 15 is 0 Å². The number of hydrogen-bond donors (Lipinski definition) is 1. The lowest BCUT2D eigenvalue weighted by Crippen LogP contribution is -2.00. The molecule has 0 saturated heterocycles. The van der Waals surface area contributed by atoms with Crippen LogP contribution in [-0.2, 0) is 17.8 Å². The smallest absolute Gasteiger partial charge is 0.307 e.